The maximum absolute atomic E-state index is 12.7. The summed E-state index contributed by atoms with van der Waals surface area (Å²) in [5.41, 5.74) is 2.70. The van der Waals surface area contributed by atoms with E-state index < -0.39 is 0 Å². The molecule has 0 unspecified atom stereocenters. The zero-order valence-electron chi connectivity index (χ0n) is 19.7. The smallest absolute Gasteiger partial charge is 0.251 e. The van der Waals surface area contributed by atoms with Gasteiger partial charge in [-0.2, -0.15) is 0 Å². The van der Waals surface area contributed by atoms with Crippen LogP contribution in [-0.4, -0.2) is 42.9 Å². The molecule has 0 radical (unpaired) electrons. The molecule has 0 bridgehead atoms. The van der Waals surface area contributed by atoms with Crippen LogP contribution >= 0.6 is 0 Å². The third kappa shape index (κ3) is 7.75. The predicted octanol–water partition coefficient (Wildman–Crippen LogP) is 4.85. The van der Waals surface area contributed by atoms with Gasteiger partial charge in [-0.05, 0) is 55.0 Å². The quantitative estimate of drug-likeness (QED) is 0.748. The first-order valence-electron chi connectivity index (χ1n) is 11.7. The fourth-order valence-electron chi connectivity index (χ4n) is 4.09. The van der Waals surface area contributed by atoms with E-state index in [1.54, 1.807) is 6.92 Å². The summed E-state index contributed by atoms with van der Waals surface area (Å²) in [6.45, 7) is 14.6. The molecule has 0 saturated carbocycles. The molecule has 5 nitrogen and oxygen atoms in total. The molecule has 2 amide bonds. The van der Waals surface area contributed by atoms with Crippen LogP contribution in [0.2, 0.25) is 0 Å². The van der Waals surface area contributed by atoms with Crippen molar-refractivity contribution >= 4 is 17.5 Å². The molecule has 30 heavy (non-hydrogen) atoms. The summed E-state index contributed by atoms with van der Waals surface area (Å²) >= 11 is 0. The lowest BCUT2D eigenvalue weighted by molar-refractivity contribution is -0.116. The number of hydrogen-bond donors (Lipinski definition) is 1. The third-order valence-electron chi connectivity index (χ3n) is 5.56. The molecule has 0 spiro atoms. The number of rotatable bonds is 5. The minimum absolute atomic E-state index is 0.0394. The largest absolute Gasteiger partial charge is 0.352 e. The average Bonchev–Trinajstić information content (AvgIpc) is 2.66. The molecule has 0 atom stereocenters. The molecule has 5 heteroatoms. The highest BCUT2D eigenvalue weighted by Crippen LogP contribution is 2.26. The Balaban J connectivity index is 2.39. The fourth-order valence-corrected chi connectivity index (χ4v) is 4.09. The zero-order chi connectivity index (χ0) is 22.1. The summed E-state index contributed by atoms with van der Waals surface area (Å²) in [6, 6.07) is 5.84. The Bertz CT molecular complexity index is 700. The molecule has 2 rings (SSSR count). The van der Waals surface area contributed by atoms with Crippen LogP contribution in [0, 0.1) is 11.8 Å². The van der Waals surface area contributed by atoms with Crippen LogP contribution in [0.1, 0.15) is 82.6 Å². The van der Waals surface area contributed by atoms with E-state index in [1.165, 1.54) is 19.3 Å². The van der Waals surface area contributed by atoms with Crippen molar-refractivity contribution in [1.29, 1.82) is 0 Å². The van der Waals surface area contributed by atoms with Crippen molar-refractivity contribution in [3.8, 4) is 0 Å². The number of nitrogens with one attached hydrogen (secondary N) is 1. The standard InChI is InChI=1S/C25H41N3O2/c1-19(2)16-26-25(30)22-11-12-24-23(15-22)18-27(17-20(3)4)13-9-7-6-8-10-14-28(24)21(5)29/h11-12,15,19-20H,6-10,13-14,16-18H2,1-5H3,(H,26,30). The van der Waals surface area contributed by atoms with Gasteiger partial charge in [-0.25, -0.2) is 0 Å². The van der Waals surface area contributed by atoms with Crippen LogP contribution < -0.4 is 10.2 Å². The van der Waals surface area contributed by atoms with Gasteiger partial charge in [0.15, 0.2) is 0 Å². The Morgan fingerprint density at radius 2 is 1.63 bits per heavy atom. The molecule has 1 aliphatic rings. The number of benzene rings is 1. The van der Waals surface area contributed by atoms with Crippen LogP contribution in [0.3, 0.4) is 0 Å². The van der Waals surface area contributed by atoms with Crippen molar-refractivity contribution in [3.05, 3.63) is 29.3 Å². The van der Waals surface area contributed by atoms with E-state index in [-0.39, 0.29) is 11.8 Å². The number of anilines is 1. The Hall–Kier alpha value is -1.88. The second-order valence-corrected chi connectivity index (χ2v) is 9.51. The van der Waals surface area contributed by atoms with E-state index >= 15 is 0 Å². The van der Waals surface area contributed by atoms with Crippen LogP contribution in [0.15, 0.2) is 18.2 Å². The Labute approximate surface area is 183 Å². The summed E-state index contributed by atoms with van der Waals surface area (Å²) in [5.74, 6) is 1.01. The number of carbonyl (C=O) groups is 2. The molecule has 1 N–H and O–H groups in total. The van der Waals surface area contributed by atoms with Gasteiger partial charge in [0.05, 0.1) is 0 Å². The molecule has 1 aliphatic heterocycles. The van der Waals surface area contributed by atoms with E-state index in [2.05, 4.69) is 37.9 Å². The molecule has 1 heterocycles. The number of fused-ring (bicyclic) bond motifs is 1. The molecule has 1 aromatic rings. The topological polar surface area (TPSA) is 52.7 Å². The SMILES string of the molecule is CC(=O)N1CCCCCCCN(CC(C)C)Cc2cc(C(=O)NCC(C)C)ccc21. The Kier molecular flexibility index (Phi) is 9.83. The first-order chi connectivity index (χ1) is 14.3. The van der Waals surface area contributed by atoms with Gasteiger partial charge in [0.2, 0.25) is 5.91 Å². The Morgan fingerprint density at radius 3 is 2.27 bits per heavy atom. The fraction of sp³-hybridized carbons (Fsp3) is 0.680. The second kappa shape index (κ2) is 12.1. The maximum Gasteiger partial charge on any atom is 0.251 e. The monoisotopic (exact) mass is 415 g/mol. The molecule has 0 saturated heterocycles. The van der Waals surface area contributed by atoms with Crippen LogP contribution in [-0.2, 0) is 11.3 Å². The maximum atomic E-state index is 12.7. The van der Waals surface area contributed by atoms with E-state index in [0.29, 0.717) is 23.9 Å². The Morgan fingerprint density at radius 1 is 0.967 bits per heavy atom. The lowest BCUT2D eigenvalue weighted by Gasteiger charge is -2.30. The van der Waals surface area contributed by atoms with Gasteiger partial charge in [-0.15, -0.1) is 0 Å². The molecule has 0 aliphatic carbocycles. The minimum Gasteiger partial charge on any atom is -0.352 e. The highest BCUT2D eigenvalue weighted by Gasteiger charge is 2.20. The molecule has 1 aromatic carbocycles. The summed E-state index contributed by atoms with van der Waals surface area (Å²) in [6.07, 6.45) is 5.83. The van der Waals surface area contributed by atoms with Gasteiger partial charge in [0.25, 0.3) is 5.91 Å². The average molecular weight is 416 g/mol. The van der Waals surface area contributed by atoms with Crippen LogP contribution in [0.5, 0.6) is 0 Å². The van der Waals surface area contributed by atoms with Crippen molar-refractivity contribution in [3.63, 3.8) is 0 Å². The van der Waals surface area contributed by atoms with E-state index in [0.717, 1.165) is 50.3 Å². The van der Waals surface area contributed by atoms with Crippen molar-refractivity contribution in [2.45, 2.75) is 73.3 Å². The highest BCUT2D eigenvalue weighted by molar-refractivity contribution is 5.97. The molecule has 0 aromatic heterocycles. The van der Waals surface area contributed by atoms with Gasteiger partial charge < -0.3 is 10.2 Å². The summed E-state index contributed by atoms with van der Waals surface area (Å²) < 4.78 is 0. The molecule has 168 valence electrons. The van der Waals surface area contributed by atoms with Crippen molar-refractivity contribution < 1.29 is 9.59 Å². The highest BCUT2D eigenvalue weighted by atomic mass is 16.2. The van der Waals surface area contributed by atoms with Gasteiger partial charge >= 0.3 is 0 Å². The zero-order valence-corrected chi connectivity index (χ0v) is 19.7. The minimum atomic E-state index is -0.0394. The van der Waals surface area contributed by atoms with E-state index in [4.69, 9.17) is 0 Å². The van der Waals surface area contributed by atoms with E-state index in [1.807, 2.05) is 23.1 Å². The van der Waals surface area contributed by atoms with Crippen molar-refractivity contribution in [1.82, 2.24) is 10.2 Å². The van der Waals surface area contributed by atoms with Gasteiger partial charge in [-0.1, -0.05) is 47.0 Å². The first kappa shape index (κ1) is 24.4. The van der Waals surface area contributed by atoms with Crippen LogP contribution in [0.25, 0.3) is 0 Å². The van der Waals surface area contributed by atoms with E-state index in [9.17, 15) is 9.59 Å². The number of amides is 2. The molecule has 0 fully saturated rings. The van der Waals surface area contributed by atoms with Crippen molar-refractivity contribution in [2.75, 3.05) is 31.1 Å². The van der Waals surface area contributed by atoms with Crippen LogP contribution in [0.4, 0.5) is 5.69 Å². The first-order valence-corrected chi connectivity index (χ1v) is 11.7. The third-order valence-corrected chi connectivity index (χ3v) is 5.56. The predicted molar refractivity (Wildman–Crippen MR) is 125 cm³/mol. The van der Waals surface area contributed by atoms with Crippen molar-refractivity contribution in [2.24, 2.45) is 11.8 Å². The lowest BCUT2D eigenvalue weighted by atomic mass is 10.0. The number of carbonyl (C=O) groups excluding carboxylic acids is 2. The second-order valence-electron chi connectivity index (χ2n) is 9.51. The summed E-state index contributed by atoms with van der Waals surface area (Å²) in [7, 11) is 0. The summed E-state index contributed by atoms with van der Waals surface area (Å²) in [5, 5.41) is 3.02. The van der Waals surface area contributed by atoms with Gasteiger partial charge in [0.1, 0.15) is 0 Å². The number of nitrogens with zero attached hydrogens (tertiary/aromatic N) is 2. The van der Waals surface area contributed by atoms with Gasteiger partial charge in [-0.3, -0.25) is 14.5 Å². The number of hydrogen-bond acceptors (Lipinski definition) is 3. The molecular weight excluding hydrogens is 374 g/mol. The molecular formula is C25H41N3O2. The summed E-state index contributed by atoms with van der Waals surface area (Å²) in [4.78, 5) is 29.5. The normalized spacial score (nSPS) is 16.7. The van der Waals surface area contributed by atoms with Gasteiger partial charge in [0, 0.05) is 44.4 Å². The lowest BCUT2D eigenvalue weighted by Crippen LogP contribution is -2.34.